The van der Waals surface area contributed by atoms with Crippen molar-refractivity contribution in [3.63, 3.8) is 0 Å². The van der Waals surface area contributed by atoms with Gasteiger partial charge in [0.2, 0.25) is 10.0 Å². The summed E-state index contributed by atoms with van der Waals surface area (Å²) < 4.78 is 35.4. The summed E-state index contributed by atoms with van der Waals surface area (Å²) in [5.74, 6) is -0.231. The Bertz CT molecular complexity index is 975. The summed E-state index contributed by atoms with van der Waals surface area (Å²) in [4.78, 5) is 12.2. The van der Waals surface area contributed by atoms with Crippen LogP contribution in [0.25, 0.3) is 0 Å². The van der Waals surface area contributed by atoms with Gasteiger partial charge in [0.15, 0.2) is 11.5 Å². The van der Waals surface area contributed by atoms with Gasteiger partial charge < -0.3 is 14.6 Å². The number of nitrogens with one attached hydrogen (secondary N) is 1. The molecule has 2 rings (SSSR count). The lowest BCUT2D eigenvalue weighted by atomic mass is 10.2. The van der Waals surface area contributed by atoms with Gasteiger partial charge in [-0.05, 0) is 24.3 Å². The number of nitrogens with zero attached hydrogens (tertiary/aromatic N) is 2. The number of hydrazone groups is 1. The predicted molar refractivity (Wildman–Crippen MR) is 106 cm³/mol. The third kappa shape index (κ3) is 5.13. The second-order valence-corrected chi connectivity index (χ2v) is 7.54. The van der Waals surface area contributed by atoms with Crippen molar-refractivity contribution in [2.75, 3.05) is 31.3 Å². The van der Waals surface area contributed by atoms with Crippen LogP contribution in [0, 0.1) is 0 Å². The molecule has 2 aromatic rings. The highest BCUT2D eigenvalue weighted by Gasteiger charge is 2.23. The number of ether oxygens (including phenoxy) is 2. The zero-order valence-electron chi connectivity index (χ0n) is 15.6. The van der Waals surface area contributed by atoms with Gasteiger partial charge >= 0.3 is 0 Å². The molecule has 28 heavy (non-hydrogen) atoms. The van der Waals surface area contributed by atoms with E-state index in [1.807, 2.05) is 0 Å². The van der Waals surface area contributed by atoms with Gasteiger partial charge in [-0.25, -0.2) is 13.8 Å². The van der Waals surface area contributed by atoms with Crippen molar-refractivity contribution in [1.82, 2.24) is 5.43 Å². The molecule has 0 bridgehead atoms. The lowest BCUT2D eigenvalue weighted by Crippen LogP contribution is -2.39. The van der Waals surface area contributed by atoms with E-state index in [0.29, 0.717) is 11.3 Å². The fourth-order valence-corrected chi connectivity index (χ4v) is 3.22. The van der Waals surface area contributed by atoms with Crippen LogP contribution < -0.4 is 19.2 Å². The standard InChI is InChI=1S/C18H21N3O6S/c1-26-15-9-5-4-8-14(15)21(28(3,24)25)12-17(22)20-19-11-13-7-6-10-16(27-2)18(13)23/h4-11,23H,12H2,1-3H3,(H,20,22). The number of benzene rings is 2. The van der Waals surface area contributed by atoms with Gasteiger partial charge in [-0.1, -0.05) is 18.2 Å². The van der Waals surface area contributed by atoms with Crippen molar-refractivity contribution in [2.45, 2.75) is 0 Å². The normalized spacial score (nSPS) is 11.2. The van der Waals surface area contributed by atoms with Crippen molar-refractivity contribution in [2.24, 2.45) is 5.10 Å². The van der Waals surface area contributed by atoms with Crippen LogP contribution >= 0.6 is 0 Å². The Labute approximate surface area is 163 Å². The second kappa shape index (κ2) is 9.09. The van der Waals surface area contributed by atoms with Crippen molar-refractivity contribution in [1.29, 1.82) is 0 Å². The number of para-hydroxylation sites is 3. The molecule has 0 radical (unpaired) electrons. The van der Waals surface area contributed by atoms with E-state index in [0.717, 1.165) is 10.6 Å². The number of phenols is 1. The summed E-state index contributed by atoms with van der Waals surface area (Å²) in [6.45, 7) is -0.499. The Morgan fingerprint density at radius 1 is 1.14 bits per heavy atom. The third-order valence-corrected chi connectivity index (χ3v) is 4.81. The number of carbonyl (C=O) groups is 1. The van der Waals surface area contributed by atoms with Gasteiger partial charge in [-0.2, -0.15) is 5.10 Å². The topological polar surface area (TPSA) is 118 Å². The first-order valence-corrected chi connectivity index (χ1v) is 9.91. The lowest BCUT2D eigenvalue weighted by molar-refractivity contribution is -0.119. The molecule has 2 aromatic carbocycles. The van der Waals surface area contributed by atoms with Gasteiger partial charge in [0, 0.05) is 5.56 Å². The molecule has 0 unspecified atom stereocenters. The van der Waals surface area contributed by atoms with Crippen LogP contribution in [0.2, 0.25) is 0 Å². The minimum atomic E-state index is -3.75. The number of carbonyl (C=O) groups excluding carboxylic acids is 1. The molecular formula is C18H21N3O6S. The van der Waals surface area contributed by atoms with Gasteiger partial charge in [0.25, 0.3) is 5.91 Å². The van der Waals surface area contributed by atoms with E-state index >= 15 is 0 Å². The van der Waals surface area contributed by atoms with Crippen LogP contribution in [0.15, 0.2) is 47.6 Å². The van der Waals surface area contributed by atoms with Crippen LogP contribution in [0.5, 0.6) is 17.2 Å². The van der Waals surface area contributed by atoms with Crippen molar-refractivity contribution < 1.29 is 27.8 Å². The Morgan fingerprint density at radius 2 is 1.79 bits per heavy atom. The molecule has 10 heteroatoms. The fourth-order valence-electron chi connectivity index (χ4n) is 2.36. The maximum atomic E-state index is 12.2. The van der Waals surface area contributed by atoms with Crippen molar-refractivity contribution in [3.8, 4) is 17.2 Å². The van der Waals surface area contributed by atoms with Crippen LogP contribution in [-0.4, -0.2) is 52.7 Å². The number of hydrogen-bond donors (Lipinski definition) is 2. The SMILES string of the molecule is COc1ccccc1N(CC(=O)NN=Cc1cccc(OC)c1O)S(C)(=O)=O. The number of methoxy groups -OCH3 is 2. The third-order valence-electron chi connectivity index (χ3n) is 3.68. The van der Waals surface area contributed by atoms with E-state index in [1.54, 1.807) is 36.4 Å². The largest absolute Gasteiger partial charge is 0.504 e. The Balaban J connectivity index is 2.15. The second-order valence-electron chi connectivity index (χ2n) is 5.63. The van der Waals surface area contributed by atoms with Gasteiger partial charge in [-0.3, -0.25) is 9.10 Å². The number of aromatic hydroxyl groups is 1. The van der Waals surface area contributed by atoms with E-state index in [4.69, 9.17) is 9.47 Å². The number of rotatable bonds is 8. The molecule has 0 saturated carbocycles. The molecule has 1 amide bonds. The quantitative estimate of drug-likeness (QED) is 0.503. The minimum Gasteiger partial charge on any atom is -0.504 e. The number of phenolic OH excluding ortho intramolecular Hbond substituents is 1. The molecule has 9 nitrogen and oxygen atoms in total. The monoisotopic (exact) mass is 407 g/mol. The molecule has 0 aliphatic heterocycles. The summed E-state index contributed by atoms with van der Waals surface area (Å²) >= 11 is 0. The van der Waals surface area contributed by atoms with E-state index in [9.17, 15) is 18.3 Å². The molecule has 150 valence electrons. The summed E-state index contributed by atoms with van der Waals surface area (Å²) in [6, 6.07) is 11.2. The van der Waals surface area contributed by atoms with Crippen molar-refractivity contribution >= 4 is 27.8 Å². The van der Waals surface area contributed by atoms with Crippen LogP contribution in [-0.2, 0) is 14.8 Å². The molecule has 0 aliphatic carbocycles. The van der Waals surface area contributed by atoms with Gasteiger partial charge in [-0.15, -0.1) is 0 Å². The van der Waals surface area contributed by atoms with E-state index in [1.165, 1.54) is 26.5 Å². The highest BCUT2D eigenvalue weighted by molar-refractivity contribution is 7.92. The molecule has 0 aromatic heterocycles. The molecule has 2 N–H and O–H groups in total. The average Bonchev–Trinajstić information content (AvgIpc) is 2.66. The zero-order chi connectivity index (χ0) is 20.7. The number of hydrogen-bond acceptors (Lipinski definition) is 7. The smallest absolute Gasteiger partial charge is 0.260 e. The molecule has 0 aliphatic rings. The Kier molecular flexibility index (Phi) is 6.83. The molecule has 0 fully saturated rings. The van der Waals surface area contributed by atoms with E-state index in [2.05, 4.69) is 10.5 Å². The average molecular weight is 407 g/mol. The summed E-state index contributed by atoms with van der Waals surface area (Å²) in [5.41, 5.74) is 2.79. The molecule has 0 spiro atoms. The van der Waals surface area contributed by atoms with Gasteiger partial charge in [0.05, 0.1) is 32.4 Å². The first-order chi connectivity index (χ1) is 13.3. The number of anilines is 1. The fraction of sp³-hybridized carbons (Fsp3) is 0.222. The minimum absolute atomic E-state index is 0.130. The van der Waals surface area contributed by atoms with Crippen LogP contribution in [0.4, 0.5) is 5.69 Å². The zero-order valence-corrected chi connectivity index (χ0v) is 16.4. The lowest BCUT2D eigenvalue weighted by Gasteiger charge is -2.23. The molecule has 0 atom stereocenters. The number of amides is 1. The Hall–Kier alpha value is -3.27. The number of sulfonamides is 1. The first kappa shape index (κ1) is 21.0. The summed E-state index contributed by atoms with van der Waals surface area (Å²) in [5, 5.41) is 13.7. The highest BCUT2D eigenvalue weighted by Crippen LogP contribution is 2.29. The molecular weight excluding hydrogens is 386 g/mol. The summed E-state index contributed by atoms with van der Waals surface area (Å²) in [7, 11) is -0.935. The maximum absolute atomic E-state index is 12.2. The first-order valence-electron chi connectivity index (χ1n) is 8.06. The summed E-state index contributed by atoms with van der Waals surface area (Å²) in [6.07, 6.45) is 2.22. The van der Waals surface area contributed by atoms with Gasteiger partial charge in [0.1, 0.15) is 12.3 Å². The molecule has 0 saturated heterocycles. The molecule has 0 heterocycles. The Morgan fingerprint density at radius 3 is 2.43 bits per heavy atom. The van der Waals surface area contributed by atoms with Crippen LogP contribution in [0.3, 0.4) is 0 Å². The maximum Gasteiger partial charge on any atom is 0.260 e. The van der Waals surface area contributed by atoms with Crippen molar-refractivity contribution in [3.05, 3.63) is 48.0 Å². The van der Waals surface area contributed by atoms with E-state index < -0.39 is 22.5 Å². The van der Waals surface area contributed by atoms with E-state index in [-0.39, 0.29) is 17.2 Å². The highest BCUT2D eigenvalue weighted by atomic mass is 32.2. The van der Waals surface area contributed by atoms with Crippen LogP contribution in [0.1, 0.15) is 5.56 Å². The predicted octanol–water partition coefficient (Wildman–Crippen LogP) is 1.33.